The number of aromatic nitrogens is 4. The number of aryl methyl sites for hydroxylation is 2. The van der Waals surface area contributed by atoms with Crippen LogP contribution in [0.15, 0.2) is 45.7 Å². The van der Waals surface area contributed by atoms with Gasteiger partial charge in [-0.05, 0) is 26.0 Å². The molecule has 3 heterocycles. The molecule has 1 fully saturated rings. The van der Waals surface area contributed by atoms with Crippen LogP contribution in [0.3, 0.4) is 0 Å². The average molecular weight is 397 g/mol. The second-order valence-corrected chi connectivity index (χ2v) is 7.27. The molecule has 1 N–H and O–H groups in total. The fourth-order valence-corrected chi connectivity index (χ4v) is 3.61. The standard InChI is InChI=1S/C20H23N5O4/c1-13-8-17(29-23-13)9-15-11-28-12-18(15)21-19(26)10-24-20(27)25(14(2)22-24)16-6-4-3-5-7-16/h3-8,15,18H,9-12H2,1-2H3,(H,21,26)/t15-,18+/m1/s1. The van der Waals surface area contributed by atoms with Crippen molar-refractivity contribution in [3.63, 3.8) is 0 Å². The minimum Gasteiger partial charge on any atom is -0.379 e. The number of benzene rings is 1. The lowest BCUT2D eigenvalue weighted by Gasteiger charge is -2.17. The lowest BCUT2D eigenvalue weighted by atomic mass is 9.98. The summed E-state index contributed by atoms with van der Waals surface area (Å²) in [6.45, 7) is 4.42. The third kappa shape index (κ3) is 4.14. The Morgan fingerprint density at radius 3 is 2.76 bits per heavy atom. The molecule has 1 aliphatic rings. The first-order chi connectivity index (χ1) is 14.0. The van der Waals surface area contributed by atoms with E-state index in [9.17, 15) is 9.59 Å². The van der Waals surface area contributed by atoms with Crippen molar-refractivity contribution >= 4 is 5.91 Å². The number of ether oxygens (including phenoxy) is 1. The van der Waals surface area contributed by atoms with Crippen molar-refractivity contribution in [2.75, 3.05) is 13.2 Å². The highest BCUT2D eigenvalue weighted by molar-refractivity contribution is 5.76. The minimum atomic E-state index is -0.347. The van der Waals surface area contributed by atoms with Gasteiger partial charge in [0.15, 0.2) is 0 Å². The number of carbonyl (C=O) groups excluding carboxylic acids is 1. The van der Waals surface area contributed by atoms with Crippen molar-refractivity contribution < 1.29 is 14.1 Å². The first kappa shape index (κ1) is 19.1. The van der Waals surface area contributed by atoms with Crippen molar-refractivity contribution in [3.05, 3.63) is 64.2 Å². The van der Waals surface area contributed by atoms with Crippen LogP contribution < -0.4 is 11.0 Å². The number of rotatable bonds is 6. The highest BCUT2D eigenvalue weighted by atomic mass is 16.5. The SMILES string of the molecule is Cc1cc(C[C@@H]2COC[C@@H]2NC(=O)Cn2nc(C)n(-c3ccccc3)c2=O)on1. The monoisotopic (exact) mass is 397 g/mol. The van der Waals surface area contributed by atoms with E-state index in [2.05, 4.69) is 15.6 Å². The van der Waals surface area contributed by atoms with Gasteiger partial charge in [-0.3, -0.25) is 4.79 Å². The summed E-state index contributed by atoms with van der Waals surface area (Å²) in [5, 5.41) is 11.1. The maximum absolute atomic E-state index is 12.7. The Balaban J connectivity index is 1.43. The van der Waals surface area contributed by atoms with Crippen molar-refractivity contribution in [1.29, 1.82) is 0 Å². The zero-order valence-electron chi connectivity index (χ0n) is 16.4. The van der Waals surface area contributed by atoms with E-state index in [0.717, 1.165) is 11.5 Å². The van der Waals surface area contributed by atoms with Gasteiger partial charge in [0, 0.05) is 18.4 Å². The van der Waals surface area contributed by atoms with Gasteiger partial charge in [-0.25, -0.2) is 14.0 Å². The Kier molecular flexibility index (Phi) is 5.30. The summed E-state index contributed by atoms with van der Waals surface area (Å²) in [6.07, 6.45) is 0.632. The molecular formula is C20H23N5O4. The van der Waals surface area contributed by atoms with Crippen LogP contribution in [0.1, 0.15) is 17.3 Å². The summed E-state index contributed by atoms with van der Waals surface area (Å²) in [6, 6.07) is 11.0. The molecule has 9 nitrogen and oxygen atoms in total. The number of nitrogens with zero attached hydrogens (tertiary/aromatic N) is 4. The quantitative estimate of drug-likeness (QED) is 0.666. The van der Waals surface area contributed by atoms with Gasteiger partial charge in [-0.2, -0.15) is 5.10 Å². The summed E-state index contributed by atoms with van der Waals surface area (Å²) >= 11 is 0. The summed E-state index contributed by atoms with van der Waals surface area (Å²) in [7, 11) is 0. The predicted molar refractivity (Wildman–Crippen MR) is 104 cm³/mol. The number of nitrogens with one attached hydrogen (secondary N) is 1. The highest BCUT2D eigenvalue weighted by Crippen LogP contribution is 2.19. The van der Waals surface area contributed by atoms with Gasteiger partial charge in [-0.15, -0.1) is 0 Å². The van der Waals surface area contributed by atoms with Crippen LogP contribution in [0, 0.1) is 19.8 Å². The van der Waals surface area contributed by atoms with Gasteiger partial charge in [0.05, 0.1) is 30.6 Å². The van der Waals surface area contributed by atoms with Crippen molar-refractivity contribution in [2.45, 2.75) is 32.9 Å². The van der Waals surface area contributed by atoms with E-state index >= 15 is 0 Å². The minimum absolute atomic E-state index is 0.0895. The molecule has 2 atom stereocenters. The summed E-state index contributed by atoms with van der Waals surface area (Å²) in [5.41, 5.74) is 1.19. The largest absolute Gasteiger partial charge is 0.379 e. The van der Waals surface area contributed by atoms with Crippen molar-refractivity contribution in [1.82, 2.24) is 24.8 Å². The molecule has 1 aliphatic heterocycles. The number of para-hydroxylation sites is 1. The van der Waals surface area contributed by atoms with Crippen LogP contribution in [0.2, 0.25) is 0 Å². The molecule has 0 unspecified atom stereocenters. The number of hydrogen-bond acceptors (Lipinski definition) is 6. The van der Waals surface area contributed by atoms with Gasteiger partial charge in [-0.1, -0.05) is 23.4 Å². The Morgan fingerprint density at radius 1 is 1.24 bits per heavy atom. The second kappa shape index (κ2) is 8.04. The van der Waals surface area contributed by atoms with Gasteiger partial charge >= 0.3 is 5.69 Å². The predicted octanol–water partition coefficient (Wildman–Crippen LogP) is 1.01. The number of hydrogen-bond donors (Lipinski definition) is 1. The molecule has 3 aromatic rings. The fraction of sp³-hybridized carbons (Fsp3) is 0.400. The summed E-state index contributed by atoms with van der Waals surface area (Å²) < 4.78 is 13.5. The topological polar surface area (TPSA) is 104 Å². The van der Waals surface area contributed by atoms with E-state index in [1.807, 2.05) is 43.3 Å². The molecule has 0 aliphatic carbocycles. The van der Waals surface area contributed by atoms with Gasteiger partial charge in [0.1, 0.15) is 18.1 Å². The van der Waals surface area contributed by atoms with E-state index in [1.165, 1.54) is 9.25 Å². The molecule has 2 aromatic heterocycles. The molecule has 0 spiro atoms. The second-order valence-electron chi connectivity index (χ2n) is 7.27. The zero-order chi connectivity index (χ0) is 20.4. The molecule has 29 heavy (non-hydrogen) atoms. The van der Waals surface area contributed by atoms with Crippen molar-refractivity contribution in [3.8, 4) is 5.69 Å². The smallest absolute Gasteiger partial charge is 0.351 e. The van der Waals surface area contributed by atoms with Gasteiger partial charge < -0.3 is 14.6 Å². The Hall–Kier alpha value is -3.20. The molecule has 1 amide bonds. The Morgan fingerprint density at radius 2 is 2.03 bits per heavy atom. The summed E-state index contributed by atoms with van der Waals surface area (Å²) in [5.74, 6) is 1.10. The van der Waals surface area contributed by atoms with Crippen molar-refractivity contribution in [2.24, 2.45) is 5.92 Å². The average Bonchev–Trinajstić information content (AvgIpc) is 3.37. The first-order valence-corrected chi connectivity index (χ1v) is 9.52. The van der Waals surface area contributed by atoms with Gasteiger partial charge in [0.2, 0.25) is 5.91 Å². The van der Waals surface area contributed by atoms with E-state index in [4.69, 9.17) is 9.26 Å². The molecule has 1 saturated heterocycles. The van der Waals surface area contributed by atoms with Crippen LogP contribution in [0.4, 0.5) is 0 Å². The van der Waals surface area contributed by atoms with E-state index in [0.29, 0.717) is 31.1 Å². The molecule has 4 rings (SSSR count). The van der Waals surface area contributed by atoms with Crippen LogP contribution in [0.25, 0.3) is 5.69 Å². The highest BCUT2D eigenvalue weighted by Gasteiger charge is 2.31. The molecule has 9 heteroatoms. The summed E-state index contributed by atoms with van der Waals surface area (Å²) in [4.78, 5) is 25.3. The van der Waals surface area contributed by atoms with Crippen LogP contribution in [-0.2, 0) is 22.5 Å². The van der Waals surface area contributed by atoms with E-state index in [1.54, 1.807) is 6.92 Å². The molecule has 0 saturated carbocycles. The zero-order valence-corrected chi connectivity index (χ0v) is 16.4. The molecular weight excluding hydrogens is 374 g/mol. The number of carbonyl (C=O) groups is 1. The Labute approximate surface area is 167 Å². The lowest BCUT2D eigenvalue weighted by molar-refractivity contribution is -0.122. The molecule has 1 aromatic carbocycles. The maximum Gasteiger partial charge on any atom is 0.351 e. The van der Waals surface area contributed by atoms with Crippen LogP contribution in [-0.4, -0.2) is 44.7 Å². The molecule has 152 valence electrons. The first-order valence-electron chi connectivity index (χ1n) is 9.52. The van der Waals surface area contributed by atoms with Gasteiger partial charge in [0.25, 0.3) is 0 Å². The lowest BCUT2D eigenvalue weighted by Crippen LogP contribution is -2.43. The normalized spacial score (nSPS) is 18.8. The van der Waals surface area contributed by atoms with Crippen LogP contribution in [0.5, 0.6) is 0 Å². The fourth-order valence-electron chi connectivity index (χ4n) is 3.61. The Bertz CT molecular complexity index is 1050. The third-order valence-electron chi connectivity index (χ3n) is 4.99. The molecule has 0 bridgehead atoms. The van der Waals surface area contributed by atoms with Crippen LogP contribution >= 0.6 is 0 Å². The van der Waals surface area contributed by atoms with E-state index < -0.39 is 0 Å². The maximum atomic E-state index is 12.7. The molecule has 0 radical (unpaired) electrons. The number of amides is 1. The van der Waals surface area contributed by atoms with E-state index in [-0.39, 0.29) is 30.1 Å². The third-order valence-corrected chi connectivity index (χ3v) is 4.99.